The van der Waals surface area contributed by atoms with Gasteiger partial charge >= 0.3 is 0 Å². The van der Waals surface area contributed by atoms with Gasteiger partial charge in [-0.05, 0) is 30.5 Å². The molecule has 2 heterocycles. The van der Waals surface area contributed by atoms with E-state index < -0.39 is 5.60 Å². The maximum atomic E-state index is 11.0. The SMILES string of the molecule is COc1cc(OC)cc(C2(O)CC3CCC(C2)O3)c1. The van der Waals surface area contributed by atoms with E-state index in [2.05, 4.69) is 0 Å². The molecular weight excluding hydrogens is 244 g/mol. The molecule has 2 aliphatic rings. The van der Waals surface area contributed by atoms with Crippen LogP contribution in [0.25, 0.3) is 0 Å². The third-order valence-corrected chi connectivity index (χ3v) is 4.22. The van der Waals surface area contributed by atoms with Crippen molar-refractivity contribution in [3.8, 4) is 11.5 Å². The molecule has 2 bridgehead atoms. The molecule has 19 heavy (non-hydrogen) atoms. The van der Waals surface area contributed by atoms with Gasteiger partial charge < -0.3 is 19.3 Å². The standard InChI is InChI=1S/C15H20O4/c1-17-13-5-10(6-14(7-13)18-2)15(16)8-11-3-4-12(9-15)19-11/h5-7,11-12,16H,3-4,8-9H2,1-2H3. The number of benzene rings is 1. The van der Waals surface area contributed by atoms with Crippen LogP contribution in [0, 0.1) is 0 Å². The summed E-state index contributed by atoms with van der Waals surface area (Å²) in [6.07, 6.45) is 3.77. The van der Waals surface area contributed by atoms with Crippen LogP contribution >= 0.6 is 0 Å². The Bertz CT molecular complexity index is 437. The highest BCUT2D eigenvalue weighted by Crippen LogP contribution is 2.45. The fourth-order valence-corrected chi connectivity index (χ4v) is 3.23. The lowest BCUT2D eigenvalue weighted by Gasteiger charge is -2.37. The highest BCUT2D eigenvalue weighted by atomic mass is 16.5. The molecule has 2 aliphatic heterocycles. The van der Waals surface area contributed by atoms with Crippen molar-refractivity contribution in [3.05, 3.63) is 23.8 Å². The monoisotopic (exact) mass is 264 g/mol. The highest BCUT2D eigenvalue weighted by molar-refractivity contribution is 5.41. The molecule has 104 valence electrons. The van der Waals surface area contributed by atoms with E-state index in [1.165, 1.54) is 0 Å². The van der Waals surface area contributed by atoms with Crippen molar-refractivity contribution in [2.24, 2.45) is 0 Å². The first-order valence-electron chi connectivity index (χ1n) is 6.74. The van der Waals surface area contributed by atoms with Gasteiger partial charge in [0.1, 0.15) is 11.5 Å². The van der Waals surface area contributed by atoms with Crippen molar-refractivity contribution in [2.45, 2.75) is 43.5 Å². The van der Waals surface area contributed by atoms with Gasteiger partial charge in [-0.3, -0.25) is 0 Å². The third kappa shape index (κ3) is 2.30. The van der Waals surface area contributed by atoms with Gasteiger partial charge in [-0.1, -0.05) is 0 Å². The van der Waals surface area contributed by atoms with Crippen LogP contribution in [0.4, 0.5) is 0 Å². The van der Waals surface area contributed by atoms with Gasteiger partial charge in [0.15, 0.2) is 0 Å². The predicted molar refractivity (Wildman–Crippen MR) is 70.6 cm³/mol. The lowest BCUT2D eigenvalue weighted by molar-refractivity contribution is -0.115. The molecule has 3 rings (SSSR count). The summed E-state index contributed by atoms with van der Waals surface area (Å²) < 4.78 is 16.4. The second-order valence-corrected chi connectivity index (χ2v) is 5.50. The van der Waals surface area contributed by atoms with E-state index in [4.69, 9.17) is 14.2 Å². The van der Waals surface area contributed by atoms with Crippen LogP contribution in [0.2, 0.25) is 0 Å². The minimum atomic E-state index is -0.827. The van der Waals surface area contributed by atoms with Crippen LogP contribution < -0.4 is 9.47 Å². The summed E-state index contributed by atoms with van der Waals surface area (Å²) in [6, 6.07) is 5.61. The molecule has 2 unspecified atom stereocenters. The molecule has 1 aromatic carbocycles. The van der Waals surface area contributed by atoms with Crippen LogP contribution in [-0.4, -0.2) is 31.5 Å². The van der Waals surface area contributed by atoms with Crippen LogP contribution in [0.1, 0.15) is 31.2 Å². The van der Waals surface area contributed by atoms with Crippen LogP contribution in [0.3, 0.4) is 0 Å². The van der Waals surface area contributed by atoms with E-state index in [0.29, 0.717) is 24.3 Å². The largest absolute Gasteiger partial charge is 0.497 e. The summed E-state index contributed by atoms with van der Waals surface area (Å²) in [7, 11) is 3.24. The van der Waals surface area contributed by atoms with Gasteiger partial charge in [0, 0.05) is 18.9 Å². The molecule has 0 aliphatic carbocycles. The first-order chi connectivity index (χ1) is 9.13. The van der Waals surface area contributed by atoms with Crippen molar-refractivity contribution in [3.63, 3.8) is 0 Å². The predicted octanol–water partition coefficient (Wildman–Crippen LogP) is 2.23. The Kier molecular flexibility index (Phi) is 3.15. The lowest BCUT2D eigenvalue weighted by Crippen LogP contribution is -2.38. The molecule has 0 amide bonds. The van der Waals surface area contributed by atoms with Crippen molar-refractivity contribution >= 4 is 0 Å². The summed E-state index contributed by atoms with van der Waals surface area (Å²) in [6.45, 7) is 0. The first kappa shape index (κ1) is 12.8. The highest BCUT2D eigenvalue weighted by Gasteiger charge is 2.44. The minimum absolute atomic E-state index is 0.181. The second-order valence-electron chi connectivity index (χ2n) is 5.50. The number of rotatable bonds is 3. The maximum absolute atomic E-state index is 11.0. The summed E-state index contributed by atoms with van der Waals surface area (Å²) in [5.41, 5.74) is 0.0372. The molecule has 0 saturated carbocycles. The molecule has 0 aromatic heterocycles. The minimum Gasteiger partial charge on any atom is -0.497 e. The van der Waals surface area contributed by atoms with Gasteiger partial charge in [-0.2, -0.15) is 0 Å². The van der Waals surface area contributed by atoms with Gasteiger partial charge in [0.2, 0.25) is 0 Å². The summed E-state index contributed by atoms with van der Waals surface area (Å²) in [4.78, 5) is 0. The topological polar surface area (TPSA) is 47.9 Å². The van der Waals surface area contributed by atoms with E-state index in [9.17, 15) is 5.11 Å². The van der Waals surface area contributed by atoms with E-state index in [1.54, 1.807) is 14.2 Å². The normalized spacial score (nSPS) is 33.2. The fourth-order valence-electron chi connectivity index (χ4n) is 3.23. The molecule has 0 spiro atoms. The molecule has 0 radical (unpaired) electrons. The average molecular weight is 264 g/mol. The van der Waals surface area contributed by atoms with Crippen LogP contribution in [0.15, 0.2) is 18.2 Å². The van der Waals surface area contributed by atoms with Crippen LogP contribution in [0.5, 0.6) is 11.5 Å². The quantitative estimate of drug-likeness (QED) is 0.909. The van der Waals surface area contributed by atoms with Crippen molar-refractivity contribution < 1.29 is 19.3 Å². The fraction of sp³-hybridized carbons (Fsp3) is 0.600. The molecule has 2 fully saturated rings. The lowest BCUT2D eigenvalue weighted by atomic mass is 9.83. The first-order valence-corrected chi connectivity index (χ1v) is 6.74. The zero-order chi connectivity index (χ0) is 13.5. The average Bonchev–Trinajstić information content (AvgIpc) is 2.77. The van der Waals surface area contributed by atoms with E-state index in [-0.39, 0.29) is 12.2 Å². The molecular formula is C15H20O4. The Hall–Kier alpha value is -1.26. The van der Waals surface area contributed by atoms with Crippen LogP contribution in [-0.2, 0) is 10.3 Å². The Morgan fingerprint density at radius 3 is 2.05 bits per heavy atom. The number of ether oxygens (including phenoxy) is 3. The van der Waals surface area contributed by atoms with Gasteiger partial charge in [-0.15, -0.1) is 0 Å². The van der Waals surface area contributed by atoms with E-state index in [1.807, 2.05) is 18.2 Å². The molecule has 1 aromatic rings. The van der Waals surface area contributed by atoms with Crippen molar-refractivity contribution in [2.75, 3.05) is 14.2 Å². The summed E-state index contributed by atoms with van der Waals surface area (Å²) in [5.74, 6) is 1.42. The summed E-state index contributed by atoms with van der Waals surface area (Å²) in [5, 5.41) is 11.0. The molecule has 4 nitrogen and oxygen atoms in total. The van der Waals surface area contributed by atoms with Crippen molar-refractivity contribution in [1.82, 2.24) is 0 Å². The maximum Gasteiger partial charge on any atom is 0.122 e. The van der Waals surface area contributed by atoms with E-state index in [0.717, 1.165) is 18.4 Å². The number of fused-ring (bicyclic) bond motifs is 2. The molecule has 2 saturated heterocycles. The van der Waals surface area contributed by atoms with Gasteiger partial charge in [-0.25, -0.2) is 0 Å². The zero-order valence-electron chi connectivity index (χ0n) is 11.4. The van der Waals surface area contributed by atoms with Gasteiger partial charge in [0.25, 0.3) is 0 Å². The molecule has 4 heteroatoms. The zero-order valence-corrected chi connectivity index (χ0v) is 11.4. The van der Waals surface area contributed by atoms with Gasteiger partial charge in [0.05, 0.1) is 32.0 Å². The molecule has 2 atom stereocenters. The summed E-state index contributed by atoms with van der Waals surface area (Å²) >= 11 is 0. The smallest absolute Gasteiger partial charge is 0.122 e. The Balaban J connectivity index is 1.96. The Labute approximate surface area is 113 Å². The Morgan fingerprint density at radius 2 is 1.58 bits per heavy atom. The number of aliphatic hydroxyl groups is 1. The number of hydrogen-bond donors (Lipinski definition) is 1. The third-order valence-electron chi connectivity index (χ3n) is 4.22. The van der Waals surface area contributed by atoms with Crippen molar-refractivity contribution in [1.29, 1.82) is 0 Å². The molecule has 1 N–H and O–H groups in total. The number of methoxy groups -OCH3 is 2. The number of hydrogen-bond acceptors (Lipinski definition) is 4. The second kappa shape index (κ2) is 4.69. The Morgan fingerprint density at radius 1 is 1.05 bits per heavy atom. The van der Waals surface area contributed by atoms with E-state index >= 15 is 0 Å².